The second kappa shape index (κ2) is 3.81. The summed E-state index contributed by atoms with van der Waals surface area (Å²) in [6.07, 6.45) is 0.502. The molecular formula is C11H12O4. The number of hydrogen-bond acceptors (Lipinski definition) is 3. The molecule has 1 heterocycles. The Bertz CT molecular complexity index is 386. The van der Waals surface area contributed by atoms with Crippen LogP contribution in [0.15, 0.2) is 18.2 Å². The van der Waals surface area contributed by atoms with Gasteiger partial charge in [0.05, 0.1) is 13.0 Å². The van der Waals surface area contributed by atoms with E-state index >= 15 is 0 Å². The molecule has 0 spiro atoms. The number of aliphatic carboxylic acids is 1. The first kappa shape index (κ1) is 9.83. The molecule has 1 aliphatic rings. The zero-order chi connectivity index (χ0) is 10.8. The molecule has 0 radical (unpaired) electrons. The van der Waals surface area contributed by atoms with Crippen LogP contribution in [0.4, 0.5) is 0 Å². The highest BCUT2D eigenvalue weighted by Crippen LogP contribution is 2.35. The summed E-state index contributed by atoms with van der Waals surface area (Å²) in [7, 11) is 1.57. The normalized spacial score (nSPS) is 18.9. The van der Waals surface area contributed by atoms with Crippen LogP contribution < -0.4 is 9.47 Å². The molecule has 0 unspecified atom stereocenters. The van der Waals surface area contributed by atoms with Gasteiger partial charge in [-0.05, 0) is 18.1 Å². The number of carbonyl (C=O) groups is 1. The van der Waals surface area contributed by atoms with Gasteiger partial charge in [-0.3, -0.25) is 4.79 Å². The van der Waals surface area contributed by atoms with Gasteiger partial charge in [-0.15, -0.1) is 0 Å². The van der Waals surface area contributed by atoms with E-state index < -0.39 is 11.9 Å². The van der Waals surface area contributed by atoms with Gasteiger partial charge in [0, 0.05) is 0 Å². The van der Waals surface area contributed by atoms with E-state index in [0.717, 1.165) is 5.56 Å². The summed E-state index contributed by atoms with van der Waals surface area (Å²) in [4.78, 5) is 10.8. The smallest absolute Gasteiger partial charge is 0.310 e. The van der Waals surface area contributed by atoms with E-state index in [2.05, 4.69) is 0 Å². The first-order valence-corrected chi connectivity index (χ1v) is 4.74. The SMILES string of the molecule is COc1cccc2c1OC[C@H](C(=O)O)C2. The third-order valence-electron chi connectivity index (χ3n) is 2.52. The van der Waals surface area contributed by atoms with E-state index in [9.17, 15) is 4.79 Å². The van der Waals surface area contributed by atoms with Crippen molar-refractivity contribution in [2.75, 3.05) is 13.7 Å². The lowest BCUT2D eigenvalue weighted by atomic mass is 9.97. The Labute approximate surface area is 87.4 Å². The Morgan fingerprint density at radius 2 is 2.40 bits per heavy atom. The molecule has 1 N–H and O–H groups in total. The number of benzene rings is 1. The van der Waals surface area contributed by atoms with Gasteiger partial charge in [0.25, 0.3) is 0 Å². The Kier molecular flexibility index (Phi) is 2.49. The Hall–Kier alpha value is -1.71. The summed E-state index contributed by atoms with van der Waals surface area (Å²) in [6.45, 7) is 0.211. The molecule has 1 aromatic carbocycles. The molecule has 1 aliphatic heterocycles. The Morgan fingerprint density at radius 1 is 1.60 bits per heavy atom. The van der Waals surface area contributed by atoms with Crippen LogP contribution in [0.1, 0.15) is 5.56 Å². The molecule has 80 valence electrons. The van der Waals surface area contributed by atoms with Crippen LogP contribution in [0.5, 0.6) is 11.5 Å². The van der Waals surface area contributed by atoms with Gasteiger partial charge in [-0.25, -0.2) is 0 Å². The average Bonchev–Trinajstić information content (AvgIpc) is 2.27. The molecule has 0 bridgehead atoms. The zero-order valence-electron chi connectivity index (χ0n) is 8.40. The minimum atomic E-state index is -0.816. The van der Waals surface area contributed by atoms with Crippen LogP contribution in [0.3, 0.4) is 0 Å². The molecule has 0 fully saturated rings. The van der Waals surface area contributed by atoms with Gasteiger partial charge in [0.15, 0.2) is 11.5 Å². The summed E-state index contributed by atoms with van der Waals surface area (Å²) in [5, 5.41) is 8.88. The molecule has 4 heteroatoms. The molecule has 15 heavy (non-hydrogen) atoms. The molecular weight excluding hydrogens is 196 g/mol. The standard InChI is InChI=1S/C11H12O4/c1-14-9-4-2-3-7-5-8(11(12)13)6-15-10(7)9/h2-4,8H,5-6H2,1H3,(H,12,13)/t8-/m1/s1. The summed E-state index contributed by atoms with van der Waals surface area (Å²) >= 11 is 0. The number of ether oxygens (including phenoxy) is 2. The molecule has 0 aromatic heterocycles. The zero-order valence-corrected chi connectivity index (χ0v) is 8.40. The van der Waals surface area contributed by atoms with Crippen molar-refractivity contribution >= 4 is 5.97 Å². The fourth-order valence-electron chi connectivity index (χ4n) is 1.71. The Morgan fingerprint density at radius 3 is 3.07 bits per heavy atom. The largest absolute Gasteiger partial charge is 0.493 e. The molecule has 2 rings (SSSR count). The van der Waals surface area contributed by atoms with E-state index in [4.69, 9.17) is 14.6 Å². The molecule has 0 amide bonds. The molecule has 0 saturated carbocycles. The first-order valence-electron chi connectivity index (χ1n) is 4.74. The van der Waals surface area contributed by atoms with Crippen LogP contribution in [0.25, 0.3) is 0 Å². The van der Waals surface area contributed by atoms with Crippen molar-refractivity contribution in [3.63, 3.8) is 0 Å². The fraction of sp³-hybridized carbons (Fsp3) is 0.364. The lowest BCUT2D eigenvalue weighted by molar-refractivity contribution is -0.143. The predicted molar refractivity (Wildman–Crippen MR) is 53.3 cm³/mol. The van der Waals surface area contributed by atoms with Crippen molar-refractivity contribution in [1.29, 1.82) is 0 Å². The van der Waals surface area contributed by atoms with Gasteiger partial charge < -0.3 is 14.6 Å². The van der Waals surface area contributed by atoms with Crippen LogP contribution >= 0.6 is 0 Å². The molecule has 4 nitrogen and oxygen atoms in total. The minimum Gasteiger partial charge on any atom is -0.493 e. The van der Waals surface area contributed by atoms with Gasteiger partial charge in [-0.1, -0.05) is 12.1 Å². The quantitative estimate of drug-likeness (QED) is 0.796. The highest BCUT2D eigenvalue weighted by Gasteiger charge is 2.27. The van der Waals surface area contributed by atoms with Crippen LogP contribution in [0.2, 0.25) is 0 Å². The number of methoxy groups -OCH3 is 1. The maximum absolute atomic E-state index is 10.8. The van der Waals surface area contributed by atoms with E-state index in [-0.39, 0.29) is 6.61 Å². The number of fused-ring (bicyclic) bond motifs is 1. The van der Waals surface area contributed by atoms with Gasteiger partial charge in [0.2, 0.25) is 0 Å². The van der Waals surface area contributed by atoms with Crippen LogP contribution in [-0.4, -0.2) is 24.8 Å². The van der Waals surface area contributed by atoms with E-state index in [1.54, 1.807) is 13.2 Å². The van der Waals surface area contributed by atoms with Crippen molar-refractivity contribution in [2.24, 2.45) is 5.92 Å². The van der Waals surface area contributed by atoms with Crippen molar-refractivity contribution < 1.29 is 19.4 Å². The number of carboxylic acids is 1. The summed E-state index contributed by atoms with van der Waals surface area (Å²) in [6, 6.07) is 5.51. The number of hydrogen-bond donors (Lipinski definition) is 1. The highest BCUT2D eigenvalue weighted by atomic mass is 16.5. The van der Waals surface area contributed by atoms with Crippen molar-refractivity contribution in [3.8, 4) is 11.5 Å². The van der Waals surface area contributed by atoms with Crippen LogP contribution in [-0.2, 0) is 11.2 Å². The summed E-state index contributed by atoms with van der Waals surface area (Å²) in [5.74, 6) is 0.0712. The van der Waals surface area contributed by atoms with E-state index in [1.807, 2.05) is 12.1 Å². The number of rotatable bonds is 2. The van der Waals surface area contributed by atoms with Crippen molar-refractivity contribution in [2.45, 2.75) is 6.42 Å². The second-order valence-electron chi connectivity index (χ2n) is 3.50. The van der Waals surface area contributed by atoms with Gasteiger partial charge in [0.1, 0.15) is 6.61 Å². The average molecular weight is 208 g/mol. The van der Waals surface area contributed by atoms with Crippen LogP contribution in [0, 0.1) is 5.92 Å². The highest BCUT2D eigenvalue weighted by molar-refractivity contribution is 5.71. The molecule has 0 saturated heterocycles. The predicted octanol–water partition coefficient (Wildman–Crippen LogP) is 1.33. The van der Waals surface area contributed by atoms with E-state index in [1.165, 1.54) is 0 Å². The van der Waals surface area contributed by atoms with Crippen molar-refractivity contribution in [1.82, 2.24) is 0 Å². The third kappa shape index (κ3) is 1.75. The summed E-state index contributed by atoms with van der Waals surface area (Å²) < 4.78 is 10.5. The maximum atomic E-state index is 10.8. The molecule has 1 aromatic rings. The Balaban J connectivity index is 2.31. The second-order valence-corrected chi connectivity index (χ2v) is 3.50. The van der Waals surface area contributed by atoms with Gasteiger partial charge in [-0.2, -0.15) is 0 Å². The maximum Gasteiger partial charge on any atom is 0.310 e. The lowest BCUT2D eigenvalue weighted by Crippen LogP contribution is -2.28. The number of carboxylic acid groups (broad SMARTS) is 1. The van der Waals surface area contributed by atoms with Gasteiger partial charge >= 0.3 is 5.97 Å². The fourth-order valence-corrected chi connectivity index (χ4v) is 1.71. The molecule has 1 atom stereocenters. The number of para-hydroxylation sites is 1. The molecule has 0 aliphatic carbocycles. The van der Waals surface area contributed by atoms with Crippen molar-refractivity contribution in [3.05, 3.63) is 23.8 Å². The lowest BCUT2D eigenvalue weighted by Gasteiger charge is -2.23. The first-order chi connectivity index (χ1) is 7.22. The van der Waals surface area contributed by atoms with E-state index in [0.29, 0.717) is 17.9 Å². The third-order valence-corrected chi connectivity index (χ3v) is 2.52. The monoisotopic (exact) mass is 208 g/mol. The summed E-state index contributed by atoms with van der Waals surface area (Å²) in [5.41, 5.74) is 0.896. The topological polar surface area (TPSA) is 55.8 Å². The minimum absolute atomic E-state index is 0.211.